The molecule has 5 heteroatoms. The van der Waals surface area contributed by atoms with Gasteiger partial charge in [-0.25, -0.2) is 0 Å². The number of aryl methyl sites for hydroxylation is 1. The molecular formula is C16H20N4S. The number of rotatable bonds is 3. The number of nitrogens with zero attached hydrogens (tertiary/aromatic N) is 3. The van der Waals surface area contributed by atoms with Gasteiger partial charge in [0, 0.05) is 31.2 Å². The highest BCUT2D eigenvalue weighted by molar-refractivity contribution is 7.80. The van der Waals surface area contributed by atoms with Crippen LogP contribution in [0.15, 0.2) is 42.7 Å². The number of hydrogen-bond acceptors (Lipinski definition) is 2. The Bertz CT molecular complexity index is 635. The third-order valence-electron chi connectivity index (χ3n) is 3.98. The molecule has 3 heterocycles. The van der Waals surface area contributed by atoms with Crippen molar-refractivity contribution >= 4 is 17.3 Å². The first-order chi connectivity index (χ1) is 10.1. The molecule has 2 atom stereocenters. The van der Waals surface area contributed by atoms with E-state index in [0.29, 0.717) is 6.04 Å². The third-order valence-corrected chi connectivity index (χ3v) is 4.31. The van der Waals surface area contributed by atoms with Crippen LogP contribution in [-0.2, 0) is 7.05 Å². The Morgan fingerprint density at radius 3 is 2.62 bits per heavy atom. The van der Waals surface area contributed by atoms with Crippen LogP contribution in [0.5, 0.6) is 0 Å². The van der Waals surface area contributed by atoms with Crippen molar-refractivity contribution < 1.29 is 0 Å². The summed E-state index contributed by atoms with van der Waals surface area (Å²) in [5.74, 6) is 0. The fourth-order valence-corrected chi connectivity index (χ4v) is 3.47. The molecule has 0 spiro atoms. The molecule has 0 bridgehead atoms. The van der Waals surface area contributed by atoms with Gasteiger partial charge in [0.05, 0.1) is 17.8 Å². The van der Waals surface area contributed by atoms with Gasteiger partial charge < -0.3 is 14.8 Å². The maximum absolute atomic E-state index is 5.57. The van der Waals surface area contributed by atoms with Gasteiger partial charge in [0.15, 0.2) is 5.11 Å². The van der Waals surface area contributed by atoms with E-state index in [1.165, 1.54) is 5.69 Å². The van der Waals surface area contributed by atoms with Crippen molar-refractivity contribution in [3.8, 4) is 0 Å². The Morgan fingerprint density at radius 2 is 2.05 bits per heavy atom. The molecule has 0 unspecified atom stereocenters. The van der Waals surface area contributed by atoms with Crippen molar-refractivity contribution in [1.82, 2.24) is 19.8 Å². The van der Waals surface area contributed by atoms with Crippen LogP contribution in [0, 0.1) is 0 Å². The van der Waals surface area contributed by atoms with Crippen LogP contribution in [0.3, 0.4) is 0 Å². The summed E-state index contributed by atoms with van der Waals surface area (Å²) in [6, 6.07) is 10.8. The van der Waals surface area contributed by atoms with Gasteiger partial charge in [-0.2, -0.15) is 0 Å². The predicted molar refractivity (Wildman–Crippen MR) is 87.8 cm³/mol. The van der Waals surface area contributed by atoms with Gasteiger partial charge in [0.1, 0.15) is 0 Å². The molecule has 0 aromatic carbocycles. The topological polar surface area (TPSA) is 33.1 Å². The average Bonchev–Trinajstić information content (AvgIpc) is 3.02. The summed E-state index contributed by atoms with van der Waals surface area (Å²) < 4.78 is 2.16. The first-order valence-corrected chi connectivity index (χ1v) is 7.61. The number of nitrogens with one attached hydrogen (secondary N) is 1. The minimum Gasteiger partial charge on any atom is -0.353 e. The molecule has 1 saturated heterocycles. The molecular weight excluding hydrogens is 280 g/mol. The van der Waals surface area contributed by atoms with Crippen molar-refractivity contribution in [1.29, 1.82) is 0 Å². The molecule has 0 saturated carbocycles. The van der Waals surface area contributed by atoms with E-state index in [9.17, 15) is 0 Å². The second kappa shape index (κ2) is 5.48. The van der Waals surface area contributed by atoms with E-state index >= 15 is 0 Å². The Morgan fingerprint density at radius 1 is 1.24 bits per heavy atom. The first-order valence-electron chi connectivity index (χ1n) is 7.20. The summed E-state index contributed by atoms with van der Waals surface area (Å²) in [7, 11) is 2.07. The van der Waals surface area contributed by atoms with Crippen LogP contribution >= 0.6 is 12.2 Å². The zero-order chi connectivity index (χ0) is 15.0. The van der Waals surface area contributed by atoms with E-state index in [2.05, 4.69) is 65.1 Å². The average molecular weight is 300 g/mol. The van der Waals surface area contributed by atoms with Crippen LogP contribution in [0.4, 0.5) is 0 Å². The van der Waals surface area contributed by atoms with Crippen molar-refractivity contribution in [2.45, 2.75) is 32.0 Å². The molecule has 0 amide bonds. The van der Waals surface area contributed by atoms with Gasteiger partial charge in [-0.05, 0) is 50.3 Å². The summed E-state index contributed by atoms with van der Waals surface area (Å²) in [4.78, 5) is 6.79. The Hall–Kier alpha value is -1.88. The van der Waals surface area contributed by atoms with E-state index in [1.54, 1.807) is 0 Å². The normalized spacial score (nSPS) is 21.9. The quantitative estimate of drug-likeness (QED) is 0.884. The van der Waals surface area contributed by atoms with Crippen molar-refractivity contribution in [3.05, 3.63) is 54.1 Å². The summed E-state index contributed by atoms with van der Waals surface area (Å²) in [6.45, 7) is 4.34. The molecule has 1 N–H and O–H groups in total. The highest BCUT2D eigenvalue weighted by atomic mass is 32.1. The minimum atomic E-state index is 0.0784. The van der Waals surface area contributed by atoms with E-state index in [1.807, 2.05) is 18.3 Å². The Balaban J connectivity index is 2.07. The zero-order valence-corrected chi connectivity index (χ0v) is 13.3. The van der Waals surface area contributed by atoms with Crippen LogP contribution in [0.2, 0.25) is 0 Å². The second-order valence-corrected chi connectivity index (χ2v) is 6.06. The third kappa shape index (κ3) is 2.42. The lowest BCUT2D eigenvalue weighted by Gasteiger charge is -2.31. The Kier molecular flexibility index (Phi) is 3.68. The zero-order valence-electron chi connectivity index (χ0n) is 12.5. The van der Waals surface area contributed by atoms with Gasteiger partial charge in [-0.1, -0.05) is 6.07 Å². The molecule has 110 valence electrons. The number of thiocarbonyl (C=S) groups is 1. The molecule has 1 fully saturated rings. The minimum absolute atomic E-state index is 0.0784. The van der Waals surface area contributed by atoms with E-state index in [0.717, 1.165) is 10.8 Å². The van der Waals surface area contributed by atoms with Gasteiger partial charge in [-0.15, -0.1) is 0 Å². The van der Waals surface area contributed by atoms with Crippen LogP contribution in [0.1, 0.15) is 37.3 Å². The molecule has 2 aromatic rings. The molecule has 1 aliphatic rings. The number of aromatic nitrogens is 2. The lowest BCUT2D eigenvalue weighted by Crippen LogP contribution is -2.36. The molecule has 3 rings (SSSR count). The fraction of sp³-hybridized carbons (Fsp3) is 0.375. The largest absolute Gasteiger partial charge is 0.353 e. The van der Waals surface area contributed by atoms with Crippen LogP contribution in [-0.4, -0.2) is 25.6 Å². The lowest BCUT2D eigenvalue weighted by molar-refractivity contribution is 0.260. The number of hydrogen-bond donors (Lipinski definition) is 1. The Labute approximate surface area is 130 Å². The standard InChI is InChI=1S/C16H20N4S/c1-11(2)20-15(13-8-6-10-19(13)3)14(18-16(20)21)12-7-4-5-9-17-12/h4-11,14-15H,1-3H3,(H,18,21)/t14-,15+/m0/s1. The van der Waals surface area contributed by atoms with Crippen LogP contribution < -0.4 is 5.32 Å². The maximum atomic E-state index is 5.57. The molecule has 0 radical (unpaired) electrons. The molecule has 4 nitrogen and oxygen atoms in total. The molecule has 1 aliphatic heterocycles. The smallest absolute Gasteiger partial charge is 0.170 e. The molecule has 2 aromatic heterocycles. The van der Waals surface area contributed by atoms with Crippen LogP contribution in [0.25, 0.3) is 0 Å². The van der Waals surface area contributed by atoms with Gasteiger partial charge in [0.25, 0.3) is 0 Å². The van der Waals surface area contributed by atoms with Crippen molar-refractivity contribution in [3.63, 3.8) is 0 Å². The maximum Gasteiger partial charge on any atom is 0.170 e. The molecule has 0 aliphatic carbocycles. The van der Waals surface area contributed by atoms with Crippen molar-refractivity contribution in [2.75, 3.05) is 0 Å². The summed E-state index contributed by atoms with van der Waals surface area (Å²) in [5, 5.41) is 4.25. The predicted octanol–water partition coefficient (Wildman–Crippen LogP) is 2.80. The van der Waals surface area contributed by atoms with E-state index < -0.39 is 0 Å². The summed E-state index contributed by atoms with van der Waals surface area (Å²) >= 11 is 5.57. The van der Waals surface area contributed by atoms with Gasteiger partial charge >= 0.3 is 0 Å². The second-order valence-electron chi connectivity index (χ2n) is 5.67. The fourth-order valence-electron chi connectivity index (χ4n) is 3.02. The summed E-state index contributed by atoms with van der Waals surface area (Å²) in [5.41, 5.74) is 2.26. The highest BCUT2D eigenvalue weighted by Crippen LogP contribution is 2.39. The first kappa shape index (κ1) is 14.1. The van der Waals surface area contributed by atoms with E-state index in [-0.39, 0.29) is 12.1 Å². The van der Waals surface area contributed by atoms with Gasteiger partial charge in [0.2, 0.25) is 0 Å². The summed E-state index contributed by atoms with van der Waals surface area (Å²) in [6.07, 6.45) is 3.91. The SMILES string of the molecule is CC(C)N1C(=S)N[C@@H](c2ccccn2)[C@H]1c1cccn1C. The number of pyridine rings is 1. The monoisotopic (exact) mass is 300 g/mol. The van der Waals surface area contributed by atoms with E-state index in [4.69, 9.17) is 12.2 Å². The molecule has 21 heavy (non-hydrogen) atoms. The van der Waals surface area contributed by atoms with Crippen molar-refractivity contribution in [2.24, 2.45) is 7.05 Å². The van der Waals surface area contributed by atoms with Gasteiger partial charge in [-0.3, -0.25) is 4.98 Å². The lowest BCUT2D eigenvalue weighted by atomic mass is 10.0. The highest BCUT2D eigenvalue weighted by Gasteiger charge is 2.41.